The molecule has 1 aromatic carbocycles. The van der Waals surface area contributed by atoms with Crippen LogP contribution < -0.4 is 0 Å². The average molecular weight is 491 g/mol. The number of benzene rings is 1. The molecule has 0 amide bonds. The van der Waals surface area contributed by atoms with E-state index in [4.69, 9.17) is 0 Å². The fourth-order valence-corrected chi connectivity index (χ4v) is 1.36. The summed E-state index contributed by atoms with van der Waals surface area (Å²) < 4.78 is 0. The predicted molar refractivity (Wildman–Crippen MR) is 112 cm³/mol. The van der Waals surface area contributed by atoms with Crippen molar-refractivity contribution in [1.29, 1.82) is 0 Å². The maximum Gasteiger partial charge on any atom is -0.0224 e. The lowest BCUT2D eigenvalue weighted by Gasteiger charge is -2.22. The zero-order chi connectivity index (χ0) is 9.03. The molecule has 0 saturated carbocycles. The first-order valence-electron chi connectivity index (χ1n) is 4.38. The Hall–Kier alpha value is 1.95. The first-order valence-corrected chi connectivity index (χ1v) is 5.20. The summed E-state index contributed by atoms with van der Waals surface area (Å²) >= 11 is 0. The van der Waals surface area contributed by atoms with E-state index in [1.54, 1.807) is 0 Å². The molecule has 0 aliphatic rings. The van der Waals surface area contributed by atoms with Crippen LogP contribution in [0.3, 0.4) is 0 Å². The molecule has 0 aliphatic heterocycles. The molecule has 1 rings (SSSR count). The third-order valence-electron chi connectivity index (χ3n) is 2.08. The second kappa shape index (κ2) is 16.0. The maximum absolute atomic E-state index is 2.82. The average Bonchev–Trinajstić information content (AvgIpc) is 2.06. The van der Waals surface area contributed by atoms with Gasteiger partial charge in [0.1, 0.15) is 0 Å². The van der Waals surface area contributed by atoms with Crippen LogP contribution in [0.25, 0.3) is 0 Å². The third-order valence-corrected chi connectivity index (χ3v) is 3.18. The molecule has 0 fully saturated rings. The first kappa shape index (κ1) is 31.4. The Bertz CT molecular complexity index is 243. The highest BCUT2D eigenvalue weighted by Crippen LogP contribution is 2.23. The summed E-state index contributed by atoms with van der Waals surface area (Å²) in [5.74, 6) is 0. The van der Waals surface area contributed by atoms with E-state index >= 15 is 0 Å². The van der Waals surface area contributed by atoms with E-state index in [2.05, 4.69) is 53.4 Å². The van der Waals surface area contributed by atoms with Crippen LogP contribution in [-0.2, 0) is 6.42 Å². The van der Waals surface area contributed by atoms with E-state index < -0.39 is 0 Å². The molecule has 3 atom stereocenters. The summed E-state index contributed by atoms with van der Waals surface area (Å²) in [6.45, 7) is 4.60. The van der Waals surface area contributed by atoms with Crippen molar-refractivity contribution in [2.75, 3.05) is 6.16 Å². The van der Waals surface area contributed by atoms with Crippen molar-refractivity contribution in [2.24, 2.45) is 5.41 Å². The standard InChI is InChI=1S/C11H17P.3BrH.2H3P/c1-11(2,9-12)8-10-6-4-3-5-7-10;;;;;/h3-7H,8-9,12H2,1-2H3;3*1H;2*1H3. The Morgan fingerprint density at radius 1 is 0.941 bits per heavy atom. The van der Waals surface area contributed by atoms with Crippen LogP contribution >= 0.6 is 80.0 Å². The molecule has 0 bridgehead atoms. The van der Waals surface area contributed by atoms with E-state index in [9.17, 15) is 0 Å². The van der Waals surface area contributed by atoms with Crippen LogP contribution in [0, 0.1) is 5.41 Å². The number of hydrogen-bond acceptors (Lipinski definition) is 0. The molecule has 0 N–H and O–H groups in total. The van der Waals surface area contributed by atoms with Crippen molar-refractivity contribution in [3.05, 3.63) is 35.9 Å². The topological polar surface area (TPSA) is 0 Å². The van der Waals surface area contributed by atoms with Gasteiger partial charge >= 0.3 is 0 Å². The van der Waals surface area contributed by atoms with Crippen LogP contribution in [0.2, 0.25) is 0 Å². The number of rotatable bonds is 3. The maximum atomic E-state index is 2.82. The molecule has 0 radical (unpaired) electrons. The molecular weight excluding hydrogens is 465 g/mol. The lowest BCUT2D eigenvalue weighted by Crippen LogP contribution is -2.16. The smallest absolute Gasteiger partial charge is 0.0224 e. The van der Waals surface area contributed by atoms with Crippen molar-refractivity contribution in [3.63, 3.8) is 0 Å². The lowest BCUT2D eigenvalue weighted by molar-refractivity contribution is 0.421. The van der Waals surface area contributed by atoms with Crippen LogP contribution in [0.1, 0.15) is 19.4 Å². The van der Waals surface area contributed by atoms with Gasteiger partial charge in [-0.05, 0) is 23.6 Å². The second-order valence-corrected chi connectivity index (χ2v) is 4.44. The third kappa shape index (κ3) is 14.2. The van der Waals surface area contributed by atoms with Gasteiger partial charge in [0.05, 0.1) is 0 Å². The van der Waals surface area contributed by atoms with Gasteiger partial charge in [0.25, 0.3) is 0 Å². The minimum Gasteiger partial charge on any atom is -0.153 e. The Morgan fingerprint density at radius 3 is 1.71 bits per heavy atom. The van der Waals surface area contributed by atoms with Gasteiger partial charge in [-0.15, -0.1) is 60.2 Å². The first-order chi connectivity index (χ1) is 5.64. The van der Waals surface area contributed by atoms with E-state index in [0.717, 1.165) is 12.6 Å². The molecule has 0 aromatic heterocycles. The minimum absolute atomic E-state index is 0. The van der Waals surface area contributed by atoms with E-state index in [-0.39, 0.29) is 70.7 Å². The van der Waals surface area contributed by atoms with Crippen LogP contribution in [0.5, 0.6) is 0 Å². The molecule has 0 nitrogen and oxygen atoms in total. The molecule has 0 aliphatic carbocycles. The zero-order valence-electron chi connectivity index (χ0n) is 10.5. The van der Waals surface area contributed by atoms with Gasteiger partial charge in [-0.2, -0.15) is 19.8 Å². The molecule has 1 aromatic rings. The largest absolute Gasteiger partial charge is 0.153 e. The SMILES string of the molecule is Br.Br.Br.CC(C)(CP)Cc1ccccc1.P.P. The molecule has 6 heteroatoms. The van der Waals surface area contributed by atoms with E-state index in [1.165, 1.54) is 5.56 Å². The fourth-order valence-electron chi connectivity index (χ4n) is 1.22. The van der Waals surface area contributed by atoms with Gasteiger partial charge < -0.3 is 0 Å². The molecule has 17 heavy (non-hydrogen) atoms. The molecular formula is C11H26Br3P3. The fraction of sp³-hybridized carbons (Fsp3) is 0.455. The molecule has 0 spiro atoms. The Balaban J connectivity index is -0.0000000960. The summed E-state index contributed by atoms with van der Waals surface area (Å²) in [5.41, 5.74) is 1.84. The van der Waals surface area contributed by atoms with Crippen molar-refractivity contribution < 1.29 is 0 Å². The Morgan fingerprint density at radius 2 is 1.35 bits per heavy atom. The minimum atomic E-state index is 0. The Kier molecular flexibility index (Phi) is 29.5. The molecule has 3 unspecified atom stereocenters. The molecule has 0 heterocycles. The summed E-state index contributed by atoms with van der Waals surface area (Å²) in [7, 11) is 2.82. The van der Waals surface area contributed by atoms with E-state index in [0.29, 0.717) is 5.41 Å². The summed E-state index contributed by atoms with van der Waals surface area (Å²) in [5, 5.41) is 0. The van der Waals surface area contributed by atoms with Crippen molar-refractivity contribution >= 4 is 80.0 Å². The quantitative estimate of drug-likeness (QED) is 0.524. The van der Waals surface area contributed by atoms with Crippen molar-refractivity contribution in [3.8, 4) is 0 Å². The van der Waals surface area contributed by atoms with Crippen LogP contribution in [0.4, 0.5) is 0 Å². The number of halogens is 3. The van der Waals surface area contributed by atoms with Gasteiger partial charge in [0, 0.05) is 0 Å². The van der Waals surface area contributed by atoms with Crippen molar-refractivity contribution in [1.82, 2.24) is 0 Å². The Labute approximate surface area is 147 Å². The molecule has 0 saturated heterocycles. The van der Waals surface area contributed by atoms with Gasteiger partial charge in [0.2, 0.25) is 0 Å². The molecule has 106 valence electrons. The highest BCUT2D eigenvalue weighted by molar-refractivity contribution is 8.93. The van der Waals surface area contributed by atoms with Gasteiger partial charge in [-0.1, -0.05) is 44.2 Å². The normalized spacial score (nSPS) is 8.18. The summed E-state index contributed by atoms with van der Waals surface area (Å²) in [6.07, 6.45) is 2.32. The van der Waals surface area contributed by atoms with Crippen molar-refractivity contribution in [2.45, 2.75) is 20.3 Å². The van der Waals surface area contributed by atoms with Gasteiger partial charge in [-0.3, -0.25) is 0 Å². The van der Waals surface area contributed by atoms with Gasteiger partial charge in [0.15, 0.2) is 0 Å². The highest BCUT2D eigenvalue weighted by atomic mass is 79.9. The number of hydrogen-bond donors (Lipinski definition) is 0. The van der Waals surface area contributed by atoms with Gasteiger partial charge in [-0.25, -0.2) is 0 Å². The van der Waals surface area contributed by atoms with Crippen LogP contribution in [0.15, 0.2) is 30.3 Å². The predicted octanol–water partition coefficient (Wildman–Crippen LogP) is 4.98. The summed E-state index contributed by atoms with van der Waals surface area (Å²) in [4.78, 5) is 0. The summed E-state index contributed by atoms with van der Waals surface area (Å²) in [6, 6.07) is 10.7. The van der Waals surface area contributed by atoms with E-state index in [1.807, 2.05) is 0 Å². The monoisotopic (exact) mass is 488 g/mol. The lowest BCUT2D eigenvalue weighted by atomic mass is 9.88. The second-order valence-electron chi connectivity index (χ2n) is 4.03. The highest BCUT2D eigenvalue weighted by Gasteiger charge is 2.14. The van der Waals surface area contributed by atoms with Crippen LogP contribution in [-0.4, -0.2) is 6.16 Å². The zero-order valence-corrected chi connectivity index (χ0v) is 19.6.